The number of thiazole rings is 1. The van der Waals surface area contributed by atoms with E-state index in [0.717, 1.165) is 37.3 Å². The first-order chi connectivity index (χ1) is 20.6. The number of methoxy groups -OCH3 is 1. The summed E-state index contributed by atoms with van der Waals surface area (Å²) in [6, 6.07) is 29.0. The van der Waals surface area contributed by atoms with Crippen LogP contribution in [0.5, 0.6) is 11.5 Å². The number of hydrogen-bond acceptors (Lipinski definition) is 7. The monoisotopic (exact) mass is 574 g/mol. The van der Waals surface area contributed by atoms with E-state index in [9.17, 15) is 9.59 Å². The lowest BCUT2D eigenvalue weighted by Gasteiger charge is -2.21. The van der Waals surface area contributed by atoms with Crippen LogP contribution in [0.1, 0.15) is 5.56 Å². The molecule has 1 amide bonds. The Balaban J connectivity index is 1.23. The van der Waals surface area contributed by atoms with Crippen LogP contribution in [0.3, 0.4) is 0 Å². The van der Waals surface area contributed by atoms with Crippen LogP contribution in [0, 0.1) is 0 Å². The van der Waals surface area contributed by atoms with E-state index < -0.39 is 0 Å². The topological polar surface area (TPSA) is 86.6 Å². The maximum Gasteiger partial charge on any atom is 0.275 e. The molecule has 9 heteroatoms. The number of carbonyl (C=O) groups is 1. The van der Waals surface area contributed by atoms with Gasteiger partial charge in [-0.3, -0.25) is 9.59 Å². The second kappa shape index (κ2) is 10.8. The average molecular weight is 575 g/mol. The molecule has 6 aromatic rings. The molecule has 0 radical (unpaired) electrons. The lowest BCUT2D eigenvalue weighted by Crippen LogP contribution is -2.38. The van der Waals surface area contributed by atoms with E-state index in [0.29, 0.717) is 42.3 Å². The number of aromatic nitrogens is 3. The Morgan fingerprint density at radius 1 is 0.952 bits per heavy atom. The summed E-state index contributed by atoms with van der Waals surface area (Å²) in [5.74, 6) is 0.987. The van der Waals surface area contributed by atoms with Crippen molar-refractivity contribution in [3.8, 4) is 33.3 Å². The summed E-state index contributed by atoms with van der Waals surface area (Å²) in [6.45, 7) is 0.774. The number of ether oxygens (including phenoxy) is 2. The number of para-hydroxylation sites is 1. The van der Waals surface area contributed by atoms with Gasteiger partial charge in [0.1, 0.15) is 18.2 Å². The van der Waals surface area contributed by atoms with Crippen LogP contribution in [0.25, 0.3) is 42.8 Å². The molecule has 0 saturated carbocycles. The number of rotatable bonds is 5. The number of hydrogen-bond donors (Lipinski definition) is 0. The molecule has 8 nitrogen and oxygen atoms in total. The van der Waals surface area contributed by atoms with Crippen molar-refractivity contribution >= 4 is 38.2 Å². The molecule has 0 saturated heterocycles. The quantitative estimate of drug-likeness (QED) is 0.260. The van der Waals surface area contributed by atoms with E-state index in [1.165, 1.54) is 4.68 Å². The second-order valence-corrected chi connectivity index (χ2v) is 11.1. The van der Waals surface area contributed by atoms with Crippen molar-refractivity contribution in [1.82, 2.24) is 19.7 Å². The molecule has 1 aliphatic heterocycles. The molecular weight excluding hydrogens is 548 g/mol. The second-order valence-electron chi connectivity index (χ2n) is 10.0. The molecule has 0 aliphatic carbocycles. The first-order valence-corrected chi connectivity index (χ1v) is 14.4. The van der Waals surface area contributed by atoms with Crippen molar-refractivity contribution in [2.45, 2.75) is 13.1 Å². The highest BCUT2D eigenvalue weighted by atomic mass is 32.1. The van der Waals surface area contributed by atoms with Gasteiger partial charge in [-0.2, -0.15) is 5.10 Å². The molecular formula is C33H26N4O4S. The highest BCUT2D eigenvalue weighted by Crippen LogP contribution is 2.40. The molecule has 4 aromatic carbocycles. The summed E-state index contributed by atoms with van der Waals surface area (Å²) in [7, 11) is 1.61. The Kier molecular flexibility index (Phi) is 6.64. The Labute approximate surface area is 245 Å². The molecule has 0 N–H and O–H groups in total. The Bertz CT molecular complexity index is 1990. The zero-order valence-electron chi connectivity index (χ0n) is 22.8. The fourth-order valence-electron chi connectivity index (χ4n) is 5.35. The van der Waals surface area contributed by atoms with Crippen molar-refractivity contribution in [2.75, 3.05) is 20.3 Å². The molecule has 208 valence electrons. The third kappa shape index (κ3) is 4.67. The molecule has 0 bridgehead atoms. The van der Waals surface area contributed by atoms with Gasteiger partial charge in [0, 0.05) is 28.6 Å². The van der Waals surface area contributed by atoms with Gasteiger partial charge in [0.15, 0.2) is 11.5 Å². The summed E-state index contributed by atoms with van der Waals surface area (Å²) in [6.07, 6.45) is 0. The van der Waals surface area contributed by atoms with E-state index in [1.54, 1.807) is 29.4 Å². The number of amides is 1. The smallest absolute Gasteiger partial charge is 0.275 e. The van der Waals surface area contributed by atoms with Crippen LogP contribution in [0.15, 0.2) is 95.8 Å². The van der Waals surface area contributed by atoms with Gasteiger partial charge in [0.2, 0.25) is 5.91 Å². The van der Waals surface area contributed by atoms with E-state index in [-0.39, 0.29) is 18.0 Å². The predicted octanol–water partition coefficient (Wildman–Crippen LogP) is 5.77. The van der Waals surface area contributed by atoms with E-state index in [1.807, 2.05) is 84.9 Å². The Morgan fingerprint density at radius 2 is 1.71 bits per heavy atom. The van der Waals surface area contributed by atoms with Crippen LogP contribution in [0.4, 0.5) is 0 Å². The largest absolute Gasteiger partial charge is 0.493 e. The number of nitrogens with zero attached hydrogens (tertiary/aromatic N) is 4. The lowest BCUT2D eigenvalue weighted by molar-refractivity contribution is -0.132. The summed E-state index contributed by atoms with van der Waals surface area (Å²) in [5, 5.41) is 6.81. The Morgan fingerprint density at radius 3 is 2.52 bits per heavy atom. The number of benzene rings is 4. The first kappa shape index (κ1) is 25.9. The molecule has 2 aromatic heterocycles. The van der Waals surface area contributed by atoms with Gasteiger partial charge in [-0.05, 0) is 30.3 Å². The predicted molar refractivity (Wildman–Crippen MR) is 164 cm³/mol. The van der Waals surface area contributed by atoms with Crippen molar-refractivity contribution in [1.29, 1.82) is 0 Å². The van der Waals surface area contributed by atoms with E-state index >= 15 is 0 Å². The van der Waals surface area contributed by atoms with Crippen LogP contribution in [0.2, 0.25) is 0 Å². The van der Waals surface area contributed by atoms with Crippen molar-refractivity contribution in [2.24, 2.45) is 0 Å². The van der Waals surface area contributed by atoms with Gasteiger partial charge in [0.05, 0.1) is 35.0 Å². The minimum Gasteiger partial charge on any atom is -0.493 e. The molecule has 42 heavy (non-hydrogen) atoms. The zero-order chi connectivity index (χ0) is 28.6. The average Bonchev–Trinajstić information content (AvgIpc) is 3.35. The van der Waals surface area contributed by atoms with Crippen molar-refractivity contribution in [3.63, 3.8) is 0 Å². The summed E-state index contributed by atoms with van der Waals surface area (Å²) in [4.78, 5) is 33.7. The van der Waals surface area contributed by atoms with Gasteiger partial charge in [0.25, 0.3) is 5.56 Å². The third-order valence-electron chi connectivity index (χ3n) is 7.41. The van der Waals surface area contributed by atoms with Crippen LogP contribution in [-0.4, -0.2) is 45.8 Å². The fourth-order valence-corrected chi connectivity index (χ4v) is 6.30. The number of fused-ring (bicyclic) bond motifs is 3. The molecule has 3 heterocycles. The maximum absolute atomic E-state index is 13.7. The molecule has 1 aliphatic rings. The van der Waals surface area contributed by atoms with Crippen molar-refractivity contribution < 1.29 is 14.3 Å². The molecule has 0 fully saturated rings. The molecule has 0 atom stereocenters. The van der Waals surface area contributed by atoms with Crippen LogP contribution < -0.4 is 15.0 Å². The highest BCUT2D eigenvalue weighted by Gasteiger charge is 2.25. The summed E-state index contributed by atoms with van der Waals surface area (Å²) < 4.78 is 14.2. The molecule has 0 spiro atoms. The Hall–Kier alpha value is -5.02. The van der Waals surface area contributed by atoms with Crippen molar-refractivity contribution in [3.05, 3.63) is 107 Å². The lowest BCUT2D eigenvalue weighted by atomic mass is 10.1. The minimum atomic E-state index is -0.301. The molecule has 0 unspecified atom stereocenters. The minimum absolute atomic E-state index is 0.187. The summed E-state index contributed by atoms with van der Waals surface area (Å²) in [5.41, 5.74) is 3.88. The standard InChI is InChI=1S/C33H26N4O4S/c1-40-27-18-22(32-34-26-13-7-8-14-28(26)42-32)17-23-19-36(15-16-41-31(23)27)29(38)20-37-33(39)25-12-6-5-11-24(25)30(35-37)21-9-3-2-4-10-21/h2-14,17-18H,15-16,19-20H2,1H3. The van der Waals surface area contributed by atoms with Crippen LogP contribution >= 0.6 is 11.3 Å². The highest BCUT2D eigenvalue weighted by molar-refractivity contribution is 7.21. The maximum atomic E-state index is 13.7. The van der Waals surface area contributed by atoms with Crippen LogP contribution in [-0.2, 0) is 17.9 Å². The zero-order valence-corrected chi connectivity index (χ0v) is 23.6. The first-order valence-electron chi connectivity index (χ1n) is 13.6. The SMILES string of the molecule is COc1cc(-c2nc3ccccc3s2)cc2c1OCCN(C(=O)Cn1nc(-c3ccccc3)c3ccccc3c1=O)C2. The van der Waals surface area contributed by atoms with E-state index in [2.05, 4.69) is 5.10 Å². The number of carbonyl (C=O) groups excluding carboxylic acids is 1. The normalized spacial score (nSPS) is 13.0. The van der Waals surface area contributed by atoms with Gasteiger partial charge in [-0.15, -0.1) is 11.3 Å². The molecule has 7 rings (SSSR count). The third-order valence-corrected chi connectivity index (χ3v) is 8.50. The van der Waals surface area contributed by atoms with Gasteiger partial charge < -0.3 is 14.4 Å². The van der Waals surface area contributed by atoms with Gasteiger partial charge >= 0.3 is 0 Å². The van der Waals surface area contributed by atoms with E-state index in [4.69, 9.17) is 14.5 Å². The fraction of sp³-hybridized carbons (Fsp3) is 0.152. The summed E-state index contributed by atoms with van der Waals surface area (Å²) >= 11 is 1.60. The van der Waals surface area contributed by atoms with Gasteiger partial charge in [-0.1, -0.05) is 60.7 Å². The van der Waals surface area contributed by atoms with Gasteiger partial charge in [-0.25, -0.2) is 9.67 Å².